The van der Waals surface area contributed by atoms with E-state index in [4.69, 9.17) is 39.5 Å². The summed E-state index contributed by atoms with van der Waals surface area (Å²) < 4.78 is 5.17. The molecule has 0 saturated carbocycles. The minimum absolute atomic E-state index is 0.0961. The van der Waals surface area contributed by atoms with Crippen molar-refractivity contribution < 1.29 is 19.1 Å². The van der Waals surface area contributed by atoms with Gasteiger partial charge in [-0.3, -0.25) is 19.4 Å². The number of benzene rings is 3. The fourth-order valence-corrected chi connectivity index (χ4v) is 7.37. The van der Waals surface area contributed by atoms with E-state index >= 15 is 0 Å². The van der Waals surface area contributed by atoms with E-state index in [0.717, 1.165) is 54.9 Å². The molecule has 7 nitrogen and oxygen atoms in total. The Hall–Kier alpha value is -2.75. The number of carbonyl (C=O) groups excluding carboxylic acids is 3. The van der Waals surface area contributed by atoms with Crippen LogP contribution in [-0.4, -0.2) is 64.5 Å². The van der Waals surface area contributed by atoms with Gasteiger partial charge in [-0.25, -0.2) is 4.79 Å². The highest BCUT2D eigenvalue weighted by molar-refractivity contribution is 7.99. The van der Waals surface area contributed by atoms with Gasteiger partial charge in [-0.05, 0) is 85.3 Å². The quantitative estimate of drug-likeness (QED) is 0.250. The van der Waals surface area contributed by atoms with E-state index < -0.39 is 17.4 Å². The van der Waals surface area contributed by atoms with Gasteiger partial charge in [-0.1, -0.05) is 65.7 Å². The number of nitrogens with zero attached hydrogens (tertiary/aromatic N) is 3. The number of hydrogen-bond donors (Lipinski definition) is 0. The molecule has 0 bridgehead atoms. The number of para-hydroxylation sites is 1. The van der Waals surface area contributed by atoms with Crippen molar-refractivity contribution in [3.8, 4) is 0 Å². The number of halogens is 3. The van der Waals surface area contributed by atoms with Gasteiger partial charge in [-0.2, -0.15) is 0 Å². The normalized spacial score (nSPS) is 19.6. The number of thioether (sulfide) groups is 1. The van der Waals surface area contributed by atoms with Gasteiger partial charge in [0.25, 0.3) is 0 Å². The molecule has 0 radical (unpaired) electrons. The third kappa shape index (κ3) is 8.09. The maximum Gasteiger partial charge on any atom is 0.410 e. The molecule has 11 heteroatoms. The zero-order chi connectivity index (χ0) is 31.1. The summed E-state index contributed by atoms with van der Waals surface area (Å²) in [4.78, 5) is 43.1. The number of amides is 2. The smallest absolute Gasteiger partial charge is 0.410 e. The first-order valence-corrected chi connectivity index (χ1v) is 16.8. The first-order chi connectivity index (χ1) is 21.3. The minimum atomic E-state index is -0.532. The summed E-state index contributed by atoms with van der Waals surface area (Å²) in [5, 5.41) is 0.879. The number of ether oxygens (including phenoxy) is 1. The number of fused-ring (bicyclic) bond motifs is 1. The molecular formula is C33H34Cl3N3O4S. The van der Waals surface area contributed by atoms with E-state index in [2.05, 4.69) is 11.0 Å². The summed E-state index contributed by atoms with van der Waals surface area (Å²) in [5.41, 5.74) is 2.94. The molecule has 3 aliphatic heterocycles. The molecule has 3 aliphatic rings. The van der Waals surface area contributed by atoms with Crippen LogP contribution in [0.2, 0.25) is 10.0 Å². The van der Waals surface area contributed by atoms with Crippen LogP contribution in [0, 0.1) is 0 Å². The van der Waals surface area contributed by atoms with E-state index in [1.165, 1.54) is 9.80 Å². The molecule has 6 rings (SSSR count). The van der Waals surface area contributed by atoms with Crippen molar-refractivity contribution in [1.29, 1.82) is 0 Å². The highest BCUT2D eigenvalue weighted by Gasteiger charge is 2.36. The molecule has 3 heterocycles. The molecule has 0 aliphatic carbocycles. The van der Waals surface area contributed by atoms with Crippen LogP contribution >= 0.6 is 46.6 Å². The molecule has 0 unspecified atom stereocenters. The molecule has 2 saturated heterocycles. The number of anilines is 1. The molecule has 0 spiro atoms. The van der Waals surface area contributed by atoms with E-state index in [9.17, 15) is 14.4 Å². The van der Waals surface area contributed by atoms with Crippen LogP contribution in [-0.2, 0) is 27.5 Å². The second kappa shape index (κ2) is 15.5. The Morgan fingerprint density at radius 3 is 2.39 bits per heavy atom. The summed E-state index contributed by atoms with van der Waals surface area (Å²) >= 11 is 19.7. The number of likely N-dealkylation sites (tertiary alicyclic amines) is 2. The summed E-state index contributed by atoms with van der Waals surface area (Å²) in [7, 11) is 0. The standard InChI is InChI=1S/C20H20Cl2N2OS.C13H14ClNO3/c21-15-7-8-16(22)14(12-15)13-23-9-3-5-18(23)20(25)24-10-11-26-19-6-2-1-4-17(19)24;14-12(16)11-7-4-8-15(11)13(17)18-9-10-5-2-1-3-6-10/h1-2,4,6-8,12,18H,3,5,9-11,13H2;1-3,5-6,11H,4,7-9H2/t18-;11-/m00/s1. The summed E-state index contributed by atoms with van der Waals surface area (Å²) in [5.74, 6) is 1.14. The van der Waals surface area contributed by atoms with Gasteiger partial charge in [0.2, 0.25) is 11.1 Å². The van der Waals surface area contributed by atoms with E-state index in [-0.39, 0.29) is 18.6 Å². The van der Waals surface area contributed by atoms with Gasteiger partial charge < -0.3 is 9.64 Å². The maximum absolute atomic E-state index is 13.3. The molecule has 0 N–H and O–H groups in total. The molecule has 3 aromatic carbocycles. The average molecular weight is 675 g/mol. The van der Waals surface area contributed by atoms with Crippen LogP contribution in [0.1, 0.15) is 36.8 Å². The third-order valence-corrected chi connectivity index (χ3v) is 9.88. The van der Waals surface area contributed by atoms with Crippen molar-refractivity contribution in [2.45, 2.75) is 55.8 Å². The monoisotopic (exact) mass is 673 g/mol. The topological polar surface area (TPSA) is 70.2 Å². The molecular weight excluding hydrogens is 641 g/mol. The summed E-state index contributed by atoms with van der Waals surface area (Å²) in [6, 6.07) is 22.5. The molecule has 2 fully saturated rings. The van der Waals surface area contributed by atoms with Crippen molar-refractivity contribution in [3.05, 3.63) is 94.0 Å². The Balaban J connectivity index is 0.000000187. The lowest BCUT2D eigenvalue weighted by Crippen LogP contribution is -2.47. The average Bonchev–Trinajstić information content (AvgIpc) is 3.72. The Kier molecular flexibility index (Phi) is 11.5. The number of rotatable bonds is 6. The Morgan fingerprint density at radius 2 is 1.59 bits per heavy atom. The molecule has 44 heavy (non-hydrogen) atoms. The van der Waals surface area contributed by atoms with Crippen molar-refractivity contribution >= 4 is 69.5 Å². The molecule has 2 amide bonds. The fourth-order valence-electron chi connectivity index (χ4n) is 5.78. The lowest BCUT2D eigenvalue weighted by molar-refractivity contribution is -0.123. The van der Waals surface area contributed by atoms with Gasteiger partial charge in [0.05, 0.1) is 11.7 Å². The molecule has 3 aromatic rings. The molecule has 232 valence electrons. The van der Waals surface area contributed by atoms with E-state index in [1.807, 2.05) is 77.3 Å². The Morgan fingerprint density at radius 1 is 0.864 bits per heavy atom. The summed E-state index contributed by atoms with van der Waals surface area (Å²) in [6.07, 6.45) is 2.84. The van der Waals surface area contributed by atoms with Crippen molar-refractivity contribution in [2.24, 2.45) is 0 Å². The highest BCUT2D eigenvalue weighted by Crippen LogP contribution is 2.36. The van der Waals surface area contributed by atoms with Crippen LogP contribution in [0.15, 0.2) is 77.7 Å². The predicted octanol–water partition coefficient (Wildman–Crippen LogP) is 7.65. The Bertz CT molecular complexity index is 1480. The second-order valence-corrected chi connectivity index (χ2v) is 13.2. The van der Waals surface area contributed by atoms with Crippen LogP contribution < -0.4 is 4.90 Å². The van der Waals surface area contributed by atoms with Gasteiger partial charge in [0, 0.05) is 40.3 Å². The zero-order valence-corrected chi connectivity index (χ0v) is 27.3. The number of hydrogen-bond acceptors (Lipinski definition) is 6. The first kappa shape index (κ1) is 32.6. The van der Waals surface area contributed by atoms with Gasteiger partial charge in [0.15, 0.2) is 0 Å². The lowest BCUT2D eigenvalue weighted by atomic mass is 10.1. The SMILES string of the molecule is O=C(Cl)[C@@H]1CCCN1C(=O)OCc1ccccc1.O=C([C@@H]1CCCN1Cc1cc(Cl)ccc1Cl)N1CCSc2ccccc21. The predicted molar refractivity (Wildman–Crippen MR) is 177 cm³/mol. The highest BCUT2D eigenvalue weighted by atomic mass is 35.5. The molecule has 0 aromatic heterocycles. The lowest BCUT2D eigenvalue weighted by Gasteiger charge is -2.33. The van der Waals surface area contributed by atoms with Gasteiger partial charge in [0.1, 0.15) is 12.6 Å². The summed E-state index contributed by atoms with van der Waals surface area (Å²) in [6.45, 7) is 3.06. The minimum Gasteiger partial charge on any atom is -0.445 e. The molecule has 2 atom stereocenters. The van der Waals surface area contributed by atoms with Crippen molar-refractivity contribution in [3.63, 3.8) is 0 Å². The van der Waals surface area contributed by atoms with Crippen molar-refractivity contribution in [1.82, 2.24) is 9.80 Å². The largest absolute Gasteiger partial charge is 0.445 e. The Labute approximate surface area is 277 Å². The maximum atomic E-state index is 13.3. The van der Waals surface area contributed by atoms with Crippen LogP contribution in [0.25, 0.3) is 0 Å². The number of carbonyl (C=O) groups is 3. The van der Waals surface area contributed by atoms with Gasteiger partial charge in [-0.15, -0.1) is 11.8 Å². The first-order valence-electron chi connectivity index (χ1n) is 14.7. The van der Waals surface area contributed by atoms with Crippen LogP contribution in [0.5, 0.6) is 0 Å². The van der Waals surface area contributed by atoms with Crippen LogP contribution in [0.4, 0.5) is 10.5 Å². The second-order valence-electron chi connectivity index (χ2n) is 10.9. The van der Waals surface area contributed by atoms with E-state index in [0.29, 0.717) is 29.6 Å². The van der Waals surface area contributed by atoms with E-state index in [1.54, 1.807) is 6.07 Å². The van der Waals surface area contributed by atoms with Gasteiger partial charge >= 0.3 is 6.09 Å². The van der Waals surface area contributed by atoms with Crippen molar-refractivity contribution in [2.75, 3.05) is 30.3 Å². The third-order valence-electron chi connectivity index (χ3n) is 7.98. The fraction of sp³-hybridized carbons (Fsp3) is 0.364. The zero-order valence-electron chi connectivity index (χ0n) is 24.2. The van der Waals surface area contributed by atoms with Crippen LogP contribution in [0.3, 0.4) is 0 Å².